The van der Waals surface area contributed by atoms with Gasteiger partial charge in [0.2, 0.25) is 0 Å². The lowest BCUT2D eigenvalue weighted by molar-refractivity contribution is 0.182. The maximum atomic E-state index is 5.80. The van der Waals surface area contributed by atoms with Crippen molar-refractivity contribution in [2.75, 3.05) is 19.0 Å². The van der Waals surface area contributed by atoms with Gasteiger partial charge in [0.15, 0.2) is 0 Å². The van der Waals surface area contributed by atoms with Crippen LogP contribution in [0, 0.1) is 0 Å². The van der Waals surface area contributed by atoms with E-state index in [0.29, 0.717) is 17.8 Å². The summed E-state index contributed by atoms with van der Waals surface area (Å²) in [6.07, 6.45) is 3.90. The van der Waals surface area contributed by atoms with Crippen molar-refractivity contribution in [3.63, 3.8) is 0 Å². The van der Waals surface area contributed by atoms with E-state index in [0.717, 1.165) is 18.5 Å². The first-order chi connectivity index (χ1) is 7.26. The number of halogens is 1. The van der Waals surface area contributed by atoms with E-state index in [1.807, 2.05) is 12.1 Å². The van der Waals surface area contributed by atoms with Gasteiger partial charge in [-0.25, -0.2) is 4.98 Å². The van der Waals surface area contributed by atoms with Crippen LogP contribution in [-0.2, 0) is 4.74 Å². The Bertz CT molecular complexity index is 288. The molecule has 3 nitrogen and oxygen atoms in total. The zero-order valence-corrected chi connectivity index (χ0v) is 9.92. The first-order valence-corrected chi connectivity index (χ1v) is 5.51. The monoisotopic (exact) mass is 228 g/mol. The van der Waals surface area contributed by atoms with Crippen molar-refractivity contribution in [3.05, 3.63) is 23.5 Å². The quantitative estimate of drug-likeness (QED) is 0.761. The molecule has 0 radical (unpaired) electrons. The second-order valence-corrected chi connectivity index (χ2v) is 3.84. The van der Waals surface area contributed by atoms with E-state index >= 15 is 0 Å². The second kappa shape index (κ2) is 6.64. The maximum absolute atomic E-state index is 5.80. The third kappa shape index (κ3) is 4.49. The summed E-state index contributed by atoms with van der Waals surface area (Å²) in [4.78, 5) is 3.93. The van der Waals surface area contributed by atoms with E-state index in [-0.39, 0.29) is 0 Å². The Kier molecular flexibility index (Phi) is 5.43. The number of aromatic nitrogens is 1. The SMILES string of the molecule is CCCC(COC)Nc1ccnc(Cl)c1. The summed E-state index contributed by atoms with van der Waals surface area (Å²) >= 11 is 5.80. The maximum Gasteiger partial charge on any atom is 0.131 e. The minimum Gasteiger partial charge on any atom is -0.383 e. The Labute approximate surface area is 95.8 Å². The molecule has 0 aromatic carbocycles. The van der Waals surface area contributed by atoms with E-state index in [4.69, 9.17) is 16.3 Å². The summed E-state index contributed by atoms with van der Waals surface area (Å²) in [5, 5.41) is 3.88. The highest BCUT2D eigenvalue weighted by atomic mass is 35.5. The zero-order valence-electron chi connectivity index (χ0n) is 9.16. The Morgan fingerprint density at radius 3 is 3.00 bits per heavy atom. The Morgan fingerprint density at radius 1 is 1.60 bits per heavy atom. The number of hydrogen-bond acceptors (Lipinski definition) is 3. The third-order valence-corrected chi connectivity index (χ3v) is 2.31. The van der Waals surface area contributed by atoms with Crippen LogP contribution < -0.4 is 5.32 Å². The number of ether oxygens (including phenoxy) is 1. The standard InChI is InChI=1S/C11H17ClN2O/c1-3-4-10(8-15-2)14-9-5-6-13-11(12)7-9/h5-7,10H,3-4,8H2,1-2H3,(H,13,14). The normalized spacial score (nSPS) is 12.5. The molecular weight excluding hydrogens is 212 g/mol. The number of nitrogens with zero attached hydrogens (tertiary/aromatic N) is 1. The highest BCUT2D eigenvalue weighted by Crippen LogP contribution is 2.14. The van der Waals surface area contributed by atoms with Gasteiger partial charge in [-0.15, -0.1) is 0 Å². The fourth-order valence-electron chi connectivity index (χ4n) is 1.47. The number of pyridine rings is 1. The van der Waals surface area contributed by atoms with Gasteiger partial charge in [0, 0.05) is 25.0 Å². The molecule has 0 fully saturated rings. The molecule has 84 valence electrons. The molecule has 0 spiro atoms. The molecule has 15 heavy (non-hydrogen) atoms. The van der Waals surface area contributed by atoms with Crippen LogP contribution in [0.3, 0.4) is 0 Å². The van der Waals surface area contributed by atoms with Gasteiger partial charge in [0.1, 0.15) is 5.15 Å². The van der Waals surface area contributed by atoms with Crippen molar-refractivity contribution < 1.29 is 4.74 Å². The number of methoxy groups -OCH3 is 1. The highest BCUT2D eigenvalue weighted by molar-refractivity contribution is 6.29. The van der Waals surface area contributed by atoms with Crippen LogP contribution in [0.4, 0.5) is 5.69 Å². The summed E-state index contributed by atoms with van der Waals surface area (Å²) in [6, 6.07) is 4.06. The van der Waals surface area contributed by atoms with Crippen LogP contribution >= 0.6 is 11.6 Å². The average Bonchev–Trinajstić information content (AvgIpc) is 2.18. The summed E-state index contributed by atoms with van der Waals surface area (Å²) in [5.41, 5.74) is 0.991. The molecule has 0 aliphatic carbocycles. The smallest absolute Gasteiger partial charge is 0.131 e. The summed E-state index contributed by atoms with van der Waals surface area (Å²) < 4.78 is 5.15. The van der Waals surface area contributed by atoms with Gasteiger partial charge in [0.05, 0.1) is 6.61 Å². The summed E-state index contributed by atoms with van der Waals surface area (Å²) in [6.45, 7) is 2.86. The lowest BCUT2D eigenvalue weighted by Gasteiger charge is -2.18. The van der Waals surface area contributed by atoms with Crippen molar-refractivity contribution >= 4 is 17.3 Å². The van der Waals surface area contributed by atoms with Gasteiger partial charge in [-0.3, -0.25) is 0 Å². The topological polar surface area (TPSA) is 34.1 Å². The number of nitrogens with one attached hydrogen (secondary N) is 1. The summed E-state index contributed by atoms with van der Waals surface area (Å²) in [7, 11) is 1.71. The van der Waals surface area contributed by atoms with Crippen LogP contribution in [0.1, 0.15) is 19.8 Å². The predicted octanol–water partition coefficient (Wildman–Crippen LogP) is 2.96. The van der Waals surface area contributed by atoms with Crippen LogP contribution in [-0.4, -0.2) is 24.7 Å². The fraction of sp³-hybridized carbons (Fsp3) is 0.545. The Balaban J connectivity index is 2.56. The lowest BCUT2D eigenvalue weighted by Crippen LogP contribution is -2.24. The number of anilines is 1. The van der Waals surface area contributed by atoms with E-state index in [1.165, 1.54) is 0 Å². The molecular formula is C11H17ClN2O. The lowest BCUT2D eigenvalue weighted by atomic mass is 10.2. The minimum absolute atomic E-state index is 0.332. The van der Waals surface area contributed by atoms with Crippen molar-refractivity contribution in [2.24, 2.45) is 0 Å². The van der Waals surface area contributed by atoms with E-state index in [9.17, 15) is 0 Å². The van der Waals surface area contributed by atoms with E-state index in [1.54, 1.807) is 13.3 Å². The van der Waals surface area contributed by atoms with Crippen LogP contribution in [0.2, 0.25) is 5.15 Å². The van der Waals surface area contributed by atoms with Gasteiger partial charge < -0.3 is 10.1 Å². The van der Waals surface area contributed by atoms with Crippen molar-refractivity contribution in [3.8, 4) is 0 Å². The molecule has 0 saturated carbocycles. The average molecular weight is 229 g/mol. The second-order valence-electron chi connectivity index (χ2n) is 3.45. The highest BCUT2D eigenvalue weighted by Gasteiger charge is 2.06. The van der Waals surface area contributed by atoms with Crippen LogP contribution in [0.25, 0.3) is 0 Å². The van der Waals surface area contributed by atoms with E-state index < -0.39 is 0 Å². The molecule has 4 heteroatoms. The van der Waals surface area contributed by atoms with Gasteiger partial charge >= 0.3 is 0 Å². The Morgan fingerprint density at radius 2 is 2.40 bits per heavy atom. The third-order valence-electron chi connectivity index (χ3n) is 2.10. The van der Waals surface area contributed by atoms with Crippen molar-refractivity contribution in [1.29, 1.82) is 0 Å². The fourth-order valence-corrected chi connectivity index (χ4v) is 1.65. The summed E-state index contributed by atoms with van der Waals surface area (Å²) in [5.74, 6) is 0. The predicted molar refractivity (Wildman–Crippen MR) is 63.4 cm³/mol. The van der Waals surface area contributed by atoms with Crippen LogP contribution in [0.5, 0.6) is 0 Å². The molecule has 0 aliphatic heterocycles. The molecule has 0 bridgehead atoms. The first kappa shape index (κ1) is 12.3. The van der Waals surface area contributed by atoms with Gasteiger partial charge in [-0.1, -0.05) is 24.9 Å². The van der Waals surface area contributed by atoms with Gasteiger partial charge in [0.25, 0.3) is 0 Å². The number of rotatable bonds is 6. The molecule has 1 N–H and O–H groups in total. The zero-order chi connectivity index (χ0) is 11.1. The van der Waals surface area contributed by atoms with Gasteiger partial charge in [-0.05, 0) is 18.6 Å². The number of hydrogen-bond donors (Lipinski definition) is 1. The Hall–Kier alpha value is -0.800. The van der Waals surface area contributed by atoms with Crippen molar-refractivity contribution in [2.45, 2.75) is 25.8 Å². The van der Waals surface area contributed by atoms with Gasteiger partial charge in [-0.2, -0.15) is 0 Å². The molecule has 1 aromatic heterocycles. The molecule has 1 atom stereocenters. The molecule has 0 saturated heterocycles. The first-order valence-electron chi connectivity index (χ1n) is 5.13. The molecule has 0 amide bonds. The molecule has 1 aromatic rings. The molecule has 1 unspecified atom stereocenters. The van der Waals surface area contributed by atoms with Crippen LogP contribution in [0.15, 0.2) is 18.3 Å². The minimum atomic E-state index is 0.332. The van der Waals surface area contributed by atoms with E-state index in [2.05, 4.69) is 17.2 Å². The largest absolute Gasteiger partial charge is 0.383 e. The van der Waals surface area contributed by atoms with Crippen molar-refractivity contribution in [1.82, 2.24) is 4.98 Å². The molecule has 0 aliphatic rings. The molecule has 1 rings (SSSR count). The molecule has 1 heterocycles.